The molecule has 4 rings (SSSR count). The molecule has 0 unspecified atom stereocenters. The Morgan fingerprint density at radius 2 is 2.04 bits per heavy atom. The van der Waals surface area contributed by atoms with E-state index in [0.29, 0.717) is 23.7 Å². The molecule has 0 atom stereocenters. The molecule has 4 heteroatoms. The van der Waals surface area contributed by atoms with Crippen molar-refractivity contribution in [1.29, 1.82) is 0 Å². The molecule has 1 N–H and O–H groups in total. The van der Waals surface area contributed by atoms with E-state index >= 15 is 0 Å². The number of nitrogens with zero attached hydrogens (tertiary/aromatic N) is 1. The predicted octanol–water partition coefficient (Wildman–Crippen LogP) is 4.33. The second-order valence-electron chi connectivity index (χ2n) is 6.09. The second-order valence-corrected chi connectivity index (χ2v) is 6.49. The Labute approximate surface area is 139 Å². The van der Waals surface area contributed by atoms with Crippen molar-refractivity contribution in [3.8, 4) is 0 Å². The largest absolute Gasteiger partial charge is 0.358 e. The summed E-state index contributed by atoms with van der Waals surface area (Å²) in [6.07, 6.45) is 0.846. The number of aromatic amines is 1. The van der Waals surface area contributed by atoms with Gasteiger partial charge in [-0.25, -0.2) is 0 Å². The van der Waals surface area contributed by atoms with Crippen LogP contribution >= 0.6 is 11.6 Å². The van der Waals surface area contributed by atoms with E-state index in [1.54, 1.807) is 12.1 Å². The molecule has 0 bridgehead atoms. The molecule has 0 spiro atoms. The van der Waals surface area contributed by atoms with Crippen LogP contribution in [0.2, 0.25) is 5.02 Å². The van der Waals surface area contributed by atoms with E-state index in [-0.39, 0.29) is 5.91 Å². The summed E-state index contributed by atoms with van der Waals surface area (Å²) in [4.78, 5) is 18.2. The maximum absolute atomic E-state index is 12.8. The van der Waals surface area contributed by atoms with Gasteiger partial charge in [-0.2, -0.15) is 0 Å². The standard InChI is InChI=1S/C19H17ClN2O/c1-12-6-7-13-15-11-22(9-8-17(15)21-18(13)10-12)19(23)14-4-2-3-5-16(14)20/h2-7,10,21H,8-9,11H2,1H3. The average molecular weight is 325 g/mol. The number of hydrogen-bond acceptors (Lipinski definition) is 1. The number of hydrogen-bond donors (Lipinski definition) is 1. The Morgan fingerprint density at radius 3 is 2.87 bits per heavy atom. The Hall–Kier alpha value is -2.26. The Bertz CT molecular complexity index is 913. The number of rotatable bonds is 1. The van der Waals surface area contributed by atoms with E-state index in [0.717, 1.165) is 11.9 Å². The first-order valence-electron chi connectivity index (χ1n) is 7.77. The number of nitrogens with one attached hydrogen (secondary N) is 1. The molecule has 1 aliphatic heterocycles. The maximum Gasteiger partial charge on any atom is 0.255 e. The first-order valence-corrected chi connectivity index (χ1v) is 8.15. The highest BCUT2D eigenvalue weighted by Crippen LogP contribution is 2.29. The molecule has 0 fully saturated rings. The molecular weight excluding hydrogens is 308 g/mol. The first-order chi connectivity index (χ1) is 11.1. The van der Waals surface area contributed by atoms with Gasteiger partial charge in [0.2, 0.25) is 0 Å². The van der Waals surface area contributed by atoms with Gasteiger partial charge in [0.1, 0.15) is 0 Å². The summed E-state index contributed by atoms with van der Waals surface area (Å²) in [5, 5.41) is 1.72. The number of H-pyrrole nitrogens is 1. The lowest BCUT2D eigenvalue weighted by molar-refractivity contribution is 0.0735. The van der Waals surface area contributed by atoms with Gasteiger partial charge >= 0.3 is 0 Å². The van der Waals surface area contributed by atoms with Crippen molar-refractivity contribution < 1.29 is 4.79 Å². The molecule has 2 heterocycles. The van der Waals surface area contributed by atoms with E-state index in [1.165, 1.54) is 22.2 Å². The van der Waals surface area contributed by atoms with E-state index in [9.17, 15) is 4.79 Å². The van der Waals surface area contributed by atoms with Crippen LogP contribution in [-0.2, 0) is 13.0 Å². The normalized spacial score (nSPS) is 14.1. The summed E-state index contributed by atoms with van der Waals surface area (Å²) in [5.74, 6) is 0.00251. The van der Waals surface area contributed by atoms with Crippen LogP contribution in [0.1, 0.15) is 27.2 Å². The fourth-order valence-corrected chi connectivity index (χ4v) is 3.53. The van der Waals surface area contributed by atoms with Crippen molar-refractivity contribution in [3.63, 3.8) is 0 Å². The molecule has 1 amide bonds. The van der Waals surface area contributed by atoms with Crippen LogP contribution in [0.15, 0.2) is 42.5 Å². The fraction of sp³-hybridized carbons (Fsp3) is 0.211. The number of halogens is 1. The number of carbonyl (C=O) groups excluding carboxylic acids is 1. The van der Waals surface area contributed by atoms with Crippen molar-refractivity contribution in [1.82, 2.24) is 9.88 Å². The fourth-order valence-electron chi connectivity index (χ4n) is 3.31. The number of carbonyl (C=O) groups is 1. The monoisotopic (exact) mass is 324 g/mol. The van der Waals surface area contributed by atoms with Crippen molar-refractivity contribution in [3.05, 3.63) is 69.9 Å². The van der Waals surface area contributed by atoms with Gasteiger partial charge in [0.05, 0.1) is 10.6 Å². The van der Waals surface area contributed by atoms with Crippen molar-refractivity contribution in [2.24, 2.45) is 0 Å². The van der Waals surface area contributed by atoms with Crippen molar-refractivity contribution in [2.75, 3.05) is 6.54 Å². The zero-order valence-electron chi connectivity index (χ0n) is 12.9. The average Bonchev–Trinajstić information content (AvgIpc) is 2.91. The quantitative estimate of drug-likeness (QED) is 0.710. The van der Waals surface area contributed by atoms with Crippen molar-refractivity contribution >= 4 is 28.4 Å². The molecule has 3 aromatic rings. The molecule has 3 nitrogen and oxygen atoms in total. The summed E-state index contributed by atoms with van der Waals surface area (Å²) < 4.78 is 0. The predicted molar refractivity (Wildman–Crippen MR) is 92.9 cm³/mol. The van der Waals surface area contributed by atoms with E-state index in [2.05, 4.69) is 30.1 Å². The zero-order chi connectivity index (χ0) is 16.0. The Morgan fingerprint density at radius 1 is 1.22 bits per heavy atom. The summed E-state index contributed by atoms with van der Waals surface area (Å²) in [7, 11) is 0. The number of aromatic nitrogens is 1. The van der Waals surface area contributed by atoms with E-state index in [1.807, 2.05) is 17.0 Å². The van der Waals surface area contributed by atoms with Gasteiger partial charge in [0.25, 0.3) is 5.91 Å². The van der Waals surface area contributed by atoms with E-state index in [4.69, 9.17) is 11.6 Å². The topological polar surface area (TPSA) is 36.1 Å². The van der Waals surface area contributed by atoms with Crippen LogP contribution in [0.5, 0.6) is 0 Å². The lowest BCUT2D eigenvalue weighted by Crippen LogP contribution is -2.35. The summed E-state index contributed by atoms with van der Waals surface area (Å²) in [6, 6.07) is 13.7. The van der Waals surface area contributed by atoms with Gasteiger partial charge in [-0.3, -0.25) is 4.79 Å². The minimum absolute atomic E-state index is 0.00251. The molecule has 0 saturated heterocycles. The Balaban J connectivity index is 1.70. The van der Waals surface area contributed by atoms with Gasteiger partial charge in [-0.1, -0.05) is 35.9 Å². The van der Waals surface area contributed by atoms with Crippen LogP contribution < -0.4 is 0 Å². The van der Waals surface area contributed by atoms with Gasteiger partial charge in [0, 0.05) is 41.7 Å². The molecule has 0 aliphatic carbocycles. The van der Waals surface area contributed by atoms with Crippen LogP contribution in [0, 0.1) is 6.92 Å². The third-order valence-corrected chi connectivity index (χ3v) is 4.85. The molecule has 1 aliphatic rings. The van der Waals surface area contributed by atoms with Crippen LogP contribution in [0.3, 0.4) is 0 Å². The molecular formula is C19H17ClN2O. The molecule has 0 saturated carbocycles. The SMILES string of the molecule is Cc1ccc2c3c([nH]c2c1)CCN(C(=O)c1ccccc1Cl)C3. The zero-order valence-corrected chi connectivity index (χ0v) is 13.7. The van der Waals surface area contributed by atoms with Gasteiger partial charge in [-0.15, -0.1) is 0 Å². The van der Waals surface area contributed by atoms with Crippen LogP contribution in [0.4, 0.5) is 0 Å². The molecule has 0 radical (unpaired) electrons. The lowest BCUT2D eigenvalue weighted by Gasteiger charge is -2.27. The first kappa shape index (κ1) is 14.3. The van der Waals surface area contributed by atoms with E-state index < -0.39 is 0 Å². The highest BCUT2D eigenvalue weighted by Gasteiger charge is 2.25. The molecule has 23 heavy (non-hydrogen) atoms. The molecule has 2 aromatic carbocycles. The number of benzene rings is 2. The maximum atomic E-state index is 12.8. The molecule has 116 valence electrons. The minimum atomic E-state index is 0.00251. The third kappa shape index (κ3) is 2.41. The second kappa shape index (κ2) is 5.43. The van der Waals surface area contributed by atoms with Gasteiger partial charge in [-0.05, 0) is 30.7 Å². The van der Waals surface area contributed by atoms with Crippen LogP contribution in [0.25, 0.3) is 10.9 Å². The highest BCUT2D eigenvalue weighted by atomic mass is 35.5. The van der Waals surface area contributed by atoms with Gasteiger partial charge < -0.3 is 9.88 Å². The summed E-state index contributed by atoms with van der Waals surface area (Å²) >= 11 is 6.18. The number of amides is 1. The number of aryl methyl sites for hydroxylation is 1. The Kier molecular flexibility index (Phi) is 3.38. The van der Waals surface area contributed by atoms with Gasteiger partial charge in [0.15, 0.2) is 0 Å². The smallest absolute Gasteiger partial charge is 0.255 e. The summed E-state index contributed by atoms with van der Waals surface area (Å²) in [5.41, 5.74) is 5.44. The minimum Gasteiger partial charge on any atom is -0.358 e. The molecule has 1 aromatic heterocycles. The van der Waals surface area contributed by atoms with Crippen LogP contribution in [-0.4, -0.2) is 22.3 Å². The highest BCUT2D eigenvalue weighted by molar-refractivity contribution is 6.33. The lowest BCUT2D eigenvalue weighted by atomic mass is 10.0. The number of fused-ring (bicyclic) bond motifs is 3. The third-order valence-electron chi connectivity index (χ3n) is 4.52. The van der Waals surface area contributed by atoms with Crippen molar-refractivity contribution in [2.45, 2.75) is 19.9 Å². The summed E-state index contributed by atoms with van der Waals surface area (Å²) in [6.45, 7) is 3.43.